The topological polar surface area (TPSA) is 36.3 Å². The molecule has 4 rings (SSSR count). The van der Waals surface area contributed by atoms with Gasteiger partial charge >= 0.3 is 0 Å². The molecule has 3 heterocycles. The molecule has 0 aliphatic carbocycles. The lowest BCUT2D eigenvalue weighted by Gasteiger charge is -2.35. The van der Waals surface area contributed by atoms with E-state index in [1.54, 1.807) is 0 Å². The minimum Gasteiger partial charge on any atom is -0.368 e. The maximum Gasteiger partial charge on any atom is 0.155 e. The molecule has 0 bridgehead atoms. The Hall–Kier alpha value is -1.59. The van der Waals surface area contributed by atoms with Gasteiger partial charge in [0.1, 0.15) is 0 Å². The fourth-order valence-electron chi connectivity index (χ4n) is 5.91. The smallest absolute Gasteiger partial charge is 0.155 e. The summed E-state index contributed by atoms with van der Waals surface area (Å²) < 4.78 is 2.24. The number of hydrogen-bond donors (Lipinski definition) is 1. The number of para-hydroxylation sites is 1. The molecule has 1 aromatic carbocycles. The highest BCUT2D eigenvalue weighted by Crippen LogP contribution is 2.25. The summed E-state index contributed by atoms with van der Waals surface area (Å²) in [4.78, 5) is 5.42. The van der Waals surface area contributed by atoms with Crippen molar-refractivity contribution >= 4 is 16.7 Å². The Kier molecular flexibility index (Phi) is 9.08. The van der Waals surface area contributed by atoms with Crippen LogP contribution in [0, 0.1) is 5.92 Å². The Bertz CT molecular complexity index is 832. The average molecular weight is 454 g/mol. The van der Waals surface area contributed by atoms with Crippen LogP contribution in [0.2, 0.25) is 0 Å². The number of anilines is 1. The van der Waals surface area contributed by atoms with Crippen molar-refractivity contribution in [2.75, 3.05) is 38.0 Å². The summed E-state index contributed by atoms with van der Waals surface area (Å²) in [5, 5.41) is 10.0. The number of aryl methyl sites for hydroxylation is 1. The molecule has 184 valence electrons. The molecule has 2 aromatic rings. The van der Waals surface area contributed by atoms with Gasteiger partial charge in [-0.2, -0.15) is 5.10 Å². The van der Waals surface area contributed by atoms with Crippen molar-refractivity contribution in [1.82, 2.24) is 19.6 Å². The van der Waals surface area contributed by atoms with Gasteiger partial charge in [-0.15, -0.1) is 0 Å². The number of rotatable bonds is 11. The second-order valence-electron chi connectivity index (χ2n) is 10.9. The van der Waals surface area contributed by atoms with E-state index < -0.39 is 0 Å². The first kappa shape index (κ1) is 24.5. The van der Waals surface area contributed by atoms with Crippen molar-refractivity contribution in [3.8, 4) is 0 Å². The van der Waals surface area contributed by atoms with Gasteiger partial charge < -0.3 is 15.1 Å². The van der Waals surface area contributed by atoms with E-state index in [-0.39, 0.29) is 0 Å². The van der Waals surface area contributed by atoms with Gasteiger partial charge in [0.15, 0.2) is 5.82 Å². The van der Waals surface area contributed by atoms with Crippen LogP contribution in [0.5, 0.6) is 0 Å². The SMILES string of the molecule is CC(C)CC(CCNc1nn(CCC(C)N2CCCCC2)c2ccccc12)N1CCCCC1. The van der Waals surface area contributed by atoms with E-state index in [9.17, 15) is 0 Å². The Morgan fingerprint density at radius 3 is 2.21 bits per heavy atom. The quantitative estimate of drug-likeness (QED) is 0.452. The number of benzene rings is 1. The fourth-order valence-corrected chi connectivity index (χ4v) is 5.91. The van der Waals surface area contributed by atoms with Crippen molar-refractivity contribution in [3.63, 3.8) is 0 Å². The molecule has 2 fully saturated rings. The molecule has 2 aliphatic heterocycles. The zero-order valence-corrected chi connectivity index (χ0v) is 21.4. The Morgan fingerprint density at radius 2 is 1.52 bits per heavy atom. The minimum absolute atomic E-state index is 0.631. The van der Waals surface area contributed by atoms with Gasteiger partial charge in [0.2, 0.25) is 0 Å². The van der Waals surface area contributed by atoms with Crippen LogP contribution in [-0.4, -0.2) is 64.4 Å². The third kappa shape index (κ3) is 6.73. The molecule has 2 aliphatic rings. The van der Waals surface area contributed by atoms with Crippen molar-refractivity contribution in [2.24, 2.45) is 5.92 Å². The molecule has 2 unspecified atom stereocenters. The largest absolute Gasteiger partial charge is 0.368 e. The average Bonchev–Trinajstić information content (AvgIpc) is 3.20. The molecule has 1 N–H and O–H groups in total. The van der Waals surface area contributed by atoms with Crippen LogP contribution in [-0.2, 0) is 6.54 Å². The number of piperidine rings is 2. The molecule has 0 radical (unpaired) electrons. The third-order valence-corrected chi connectivity index (χ3v) is 7.85. The molecule has 0 amide bonds. The molecular formula is C28H47N5. The molecule has 5 heteroatoms. The van der Waals surface area contributed by atoms with E-state index in [4.69, 9.17) is 5.10 Å². The lowest BCUT2D eigenvalue weighted by Crippen LogP contribution is -2.41. The Balaban J connectivity index is 1.37. The van der Waals surface area contributed by atoms with Crippen LogP contribution in [0.4, 0.5) is 5.82 Å². The highest BCUT2D eigenvalue weighted by Gasteiger charge is 2.22. The maximum absolute atomic E-state index is 5.05. The van der Waals surface area contributed by atoms with Crippen molar-refractivity contribution in [3.05, 3.63) is 24.3 Å². The fraction of sp³-hybridized carbons (Fsp3) is 0.750. The summed E-state index contributed by atoms with van der Waals surface area (Å²) >= 11 is 0. The normalized spacial score (nSPS) is 20.4. The Morgan fingerprint density at radius 1 is 0.848 bits per heavy atom. The first-order valence-electron chi connectivity index (χ1n) is 13.8. The molecule has 2 saturated heterocycles. The van der Waals surface area contributed by atoms with Crippen LogP contribution < -0.4 is 5.32 Å². The summed E-state index contributed by atoms with van der Waals surface area (Å²) in [6, 6.07) is 10.1. The van der Waals surface area contributed by atoms with Crippen molar-refractivity contribution in [2.45, 2.75) is 97.2 Å². The first-order valence-corrected chi connectivity index (χ1v) is 13.8. The van der Waals surface area contributed by atoms with Gasteiger partial charge in [-0.3, -0.25) is 4.68 Å². The summed E-state index contributed by atoms with van der Waals surface area (Å²) in [5.74, 6) is 1.82. The molecule has 5 nitrogen and oxygen atoms in total. The highest BCUT2D eigenvalue weighted by molar-refractivity contribution is 5.90. The maximum atomic E-state index is 5.05. The number of aromatic nitrogens is 2. The first-order chi connectivity index (χ1) is 16.1. The lowest BCUT2D eigenvalue weighted by atomic mass is 9.97. The molecule has 0 spiro atoms. The minimum atomic E-state index is 0.631. The second kappa shape index (κ2) is 12.2. The van der Waals surface area contributed by atoms with E-state index in [0.29, 0.717) is 12.1 Å². The number of fused-ring (bicyclic) bond motifs is 1. The van der Waals surface area contributed by atoms with Crippen LogP contribution in [0.1, 0.15) is 78.6 Å². The molecule has 1 aromatic heterocycles. The predicted molar refractivity (Wildman–Crippen MR) is 141 cm³/mol. The number of likely N-dealkylation sites (tertiary alicyclic amines) is 2. The standard InChI is InChI=1S/C28H47N5/c1-23(2)22-25(32-19-10-5-11-20-32)14-16-29-28-26-12-6-7-13-27(26)33(30-28)21-15-24(3)31-17-8-4-9-18-31/h6-7,12-13,23-25H,4-5,8-11,14-22H2,1-3H3,(H,29,30). The number of nitrogens with zero attached hydrogens (tertiary/aromatic N) is 4. The summed E-state index contributed by atoms with van der Waals surface area (Å²) in [7, 11) is 0. The van der Waals surface area contributed by atoms with E-state index in [2.05, 4.69) is 64.8 Å². The highest BCUT2D eigenvalue weighted by atomic mass is 15.3. The monoisotopic (exact) mass is 453 g/mol. The number of hydrogen-bond acceptors (Lipinski definition) is 4. The summed E-state index contributed by atoms with van der Waals surface area (Å²) in [5.41, 5.74) is 1.26. The van der Waals surface area contributed by atoms with Crippen molar-refractivity contribution in [1.29, 1.82) is 0 Å². The van der Waals surface area contributed by atoms with Gasteiger partial charge in [0, 0.05) is 30.6 Å². The van der Waals surface area contributed by atoms with Crippen LogP contribution in [0.15, 0.2) is 24.3 Å². The number of nitrogens with one attached hydrogen (secondary N) is 1. The van der Waals surface area contributed by atoms with Gasteiger partial charge in [0.05, 0.1) is 5.52 Å². The van der Waals surface area contributed by atoms with Crippen LogP contribution in [0.3, 0.4) is 0 Å². The molecular weight excluding hydrogens is 406 g/mol. The van der Waals surface area contributed by atoms with E-state index >= 15 is 0 Å². The van der Waals surface area contributed by atoms with Crippen molar-refractivity contribution < 1.29 is 0 Å². The molecule has 2 atom stereocenters. The molecule has 33 heavy (non-hydrogen) atoms. The van der Waals surface area contributed by atoms with Gasteiger partial charge in [-0.25, -0.2) is 0 Å². The lowest BCUT2D eigenvalue weighted by molar-refractivity contribution is 0.139. The van der Waals surface area contributed by atoms with E-state index in [0.717, 1.165) is 31.2 Å². The predicted octanol–water partition coefficient (Wildman–Crippen LogP) is 6.00. The van der Waals surface area contributed by atoms with Gasteiger partial charge in [0.25, 0.3) is 0 Å². The van der Waals surface area contributed by atoms with E-state index in [1.165, 1.54) is 88.4 Å². The Labute approximate surface area is 201 Å². The van der Waals surface area contributed by atoms with Crippen LogP contribution >= 0.6 is 0 Å². The third-order valence-electron chi connectivity index (χ3n) is 7.85. The summed E-state index contributed by atoms with van der Waals surface area (Å²) in [6.45, 7) is 14.2. The zero-order valence-electron chi connectivity index (χ0n) is 21.4. The van der Waals surface area contributed by atoms with E-state index in [1.807, 2.05) is 0 Å². The zero-order chi connectivity index (χ0) is 23.0. The van der Waals surface area contributed by atoms with Crippen LogP contribution in [0.25, 0.3) is 10.9 Å². The molecule has 0 saturated carbocycles. The van der Waals surface area contributed by atoms with Gasteiger partial charge in [-0.05, 0) is 96.1 Å². The van der Waals surface area contributed by atoms with Gasteiger partial charge in [-0.1, -0.05) is 38.8 Å². The second-order valence-corrected chi connectivity index (χ2v) is 10.9. The summed E-state index contributed by atoms with van der Waals surface area (Å²) in [6.07, 6.45) is 11.9.